The maximum absolute atomic E-state index is 13.1. The van der Waals surface area contributed by atoms with Crippen LogP contribution in [0.4, 0.5) is 4.39 Å². The summed E-state index contributed by atoms with van der Waals surface area (Å²) in [7, 11) is 3.41. The quantitative estimate of drug-likeness (QED) is 0.563. The van der Waals surface area contributed by atoms with Crippen LogP contribution in [0.25, 0.3) is 11.0 Å². The number of aromatic nitrogens is 3. The molecule has 2 heterocycles. The Hall–Kier alpha value is -3.40. The third kappa shape index (κ3) is 4.28. The molecule has 2 aromatic heterocycles. The normalized spacial score (nSPS) is 10.8. The predicted octanol–water partition coefficient (Wildman–Crippen LogP) is 3.33. The molecule has 6 nitrogen and oxygen atoms in total. The van der Waals surface area contributed by atoms with Crippen LogP contribution < -0.4 is 4.74 Å². The van der Waals surface area contributed by atoms with Crippen molar-refractivity contribution in [3.05, 3.63) is 52.5 Å². The molecule has 0 aliphatic rings. The number of carbonyl (C=O) groups is 1. The van der Waals surface area contributed by atoms with Crippen molar-refractivity contribution in [2.45, 2.75) is 33.2 Å². The van der Waals surface area contributed by atoms with Crippen molar-refractivity contribution in [2.75, 3.05) is 13.7 Å². The van der Waals surface area contributed by atoms with Crippen molar-refractivity contribution in [1.29, 1.82) is 0 Å². The minimum Gasteiger partial charge on any atom is -0.479 e. The van der Waals surface area contributed by atoms with E-state index in [1.54, 1.807) is 28.8 Å². The molecule has 1 amide bonds. The summed E-state index contributed by atoms with van der Waals surface area (Å²) in [6.45, 7) is 4.47. The van der Waals surface area contributed by atoms with E-state index in [0.29, 0.717) is 25.3 Å². The minimum atomic E-state index is -0.312. The summed E-state index contributed by atoms with van der Waals surface area (Å²) < 4.78 is 20.2. The van der Waals surface area contributed by atoms with Gasteiger partial charge < -0.3 is 9.64 Å². The fourth-order valence-electron chi connectivity index (χ4n) is 3.65. The van der Waals surface area contributed by atoms with Gasteiger partial charge in [0.1, 0.15) is 5.82 Å². The Kier molecular flexibility index (Phi) is 6.36. The number of halogens is 1. The van der Waals surface area contributed by atoms with Crippen LogP contribution in [0.2, 0.25) is 0 Å². The van der Waals surface area contributed by atoms with Crippen molar-refractivity contribution in [3.8, 4) is 18.2 Å². The Morgan fingerprint density at radius 2 is 2.00 bits per heavy atom. The number of nitrogens with zero attached hydrogens (tertiary/aromatic N) is 4. The van der Waals surface area contributed by atoms with Crippen LogP contribution >= 0.6 is 0 Å². The van der Waals surface area contributed by atoms with Crippen molar-refractivity contribution in [3.63, 3.8) is 0 Å². The molecule has 0 saturated heterocycles. The van der Waals surface area contributed by atoms with Gasteiger partial charge in [-0.1, -0.05) is 18.1 Å². The molecule has 7 heteroatoms. The third-order valence-corrected chi connectivity index (χ3v) is 5.23. The monoisotopic (exact) mass is 408 g/mol. The molecule has 0 unspecified atom stereocenters. The minimum absolute atomic E-state index is 0.0608. The molecule has 156 valence electrons. The molecule has 3 rings (SSSR count). The van der Waals surface area contributed by atoms with Gasteiger partial charge in [0.05, 0.1) is 19.0 Å². The van der Waals surface area contributed by atoms with Gasteiger partial charge in [0.25, 0.3) is 0 Å². The second-order valence-electron chi connectivity index (χ2n) is 7.21. The molecule has 0 bridgehead atoms. The summed E-state index contributed by atoms with van der Waals surface area (Å²) in [6, 6.07) is 6.07. The van der Waals surface area contributed by atoms with Gasteiger partial charge in [0, 0.05) is 25.7 Å². The fourth-order valence-corrected chi connectivity index (χ4v) is 3.65. The summed E-state index contributed by atoms with van der Waals surface area (Å²) in [4.78, 5) is 19.2. The summed E-state index contributed by atoms with van der Waals surface area (Å²) in [6.07, 6.45) is 6.28. The van der Waals surface area contributed by atoms with Gasteiger partial charge in [-0.3, -0.25) is 4.79 Å². The average Bonchev–Trinajstić information content (AvgIpc) is 3.04. The van der Waals surface area contributed by atoms with Gasteiger partial charge in [-0.2, -0.15) is 0 Å². The molecule has 0 fully saturated rings. The molecular formula is C23H25FN4O2. The SMILES string of the molecule is C#CCN(Cc1ccc(F)cc1)C(=O)CCc1c(C)nc2c(c(OC)nn2C)c1C. The molecule has 0 atom stereocenters. The maximum Gasteiger partial charge on any atom is 0.242 e. The van der Waals surface area contributed by atoms with E-state index < -0.39 is 0 Å². The van der Waals surface area contributed by atoms with Crippen LogP contribution in [0.1, 0.15) is 28.8 Å². The van der Waals surface area contributed by atoms with Crippen molar-refractivity contribution in [2.24, 2.45) is 7.05 Å². The lowest BCUT2D eigenvalue weighted by atomic mass is 10.00. The summed E-state index contributed by atoms with van der Waals surface area (Å²) in [5.74, 6) is 2.69. The predicted molar refractivity (Wildman–Crippen MR) is 114 cm³/mol. The van der Waals surface area contributed by atoms with Crippen LogP contribution in [-0.4, -0.2) is 39.2 Å². The van der Waals surface area contributed by atoms with E-state index in [-0.39, 0.29) is 18.3 Å². The first-order chi connectivity index (χ1) is 14.3. The molecule has 0 N–H and O–H groups in total. The number of hydrogen-bond acceptors (Lipinski definition) is 4. The number of aryl methyl sites for hydroxylation is 3. The first-order valence-corrected chi connectivity index (χ1v) is 9.68. The van der Waals surface area contributed by atoms with Crippen molar-refractivity contribution >= 4 is 16.9 Å². The molecule has 0 spiro atoms. The zero-order valence-corrected chi connectivity index (χ0v) is 17.7. The molecule has 0 saturated carbocycles. The number of benzene rings is 1. The Labute approximate surface area is 175 Å². The molecule has 0 radical (unpaired) electrons. The maximum atomic E-state index is 13.1. The van der Waals surface area contributed by atoms with Gasteiger partial charge >= 0.3 is 0 Å². The van der Waals surface area contributed by atoms with Gasteiger partial charge in [-0.05, 0) is 49.1 Å². The zero-order chi connectivity index (χ0) is 21.8. The molecule has 30 heavy (non-hydrogen) atoms. The van der Waals surface area contributed by atoms with Gasteiger partial charge in [0.15, 0.2) is 5.65 Å². The first-order valence-electron chi connectivity index (χ1n) is 9.68. The average molecular weight is 408 g/mol. The highest BCUT2D eigenvalue weighted by atomic mass is 19.1. The highest BCUT2D eigenvalue weighted by Gasteiger charge is 2.20. The number of terminal acetylenes is 1. The standard InChI is InChI=1S/C23H25FN4O2/c1-6-13-28(14-17-7-9-18(24)10-8-17)20(29)12-11-19-15(2)21-22(25-16(19)3)27(4)26-23(21)30-5/h1,7-10H,11-14H2,2-5H3. The van der Waals surface area contributed by atoms with Crippen molar-refractivity contribution < 1.29 is 13.9 Å². The lowest BCUT2D eigenvalue weighted by molar-refractivity contribution is -0.131. The second kappa shape index (κ2) is 8.95. The second-order valence-corrected chi connectivity index (χ2v) is 7.21. The summed E-state index contributed by atoms with van der Waals surface area (Å²) in [5, 5.41) is 5.22. The Bertz CT molecular complexity index is 1110. The Balaban J connectivity index is 1.80. The molecule has 1 aromatic carbocycles. The van der Waals surface area contributed by atoms with Crippen LogP contribution in [0, 0.1) is 32.0 Å². The summed E-state index contributed by atoms with van der Waals surface area (Å²) in [5.41, 5.74) is 4.46. The zero-order valence-electron chi connectivity index (χ0n) is 17.7. The number of amides is 1. The van der Waals surface area contributed by atoms with Gasteiger partial charge in [-0.15, -0.1) is 11.5 Å². The molecule has 0 aliphatic carbocycles. The van der Waals surface area contributed by atoms with Crippen LogP contribution in [-0.2, 0) is 24.8 Å². The summed E-state index contributed by atoms with van der Waals surface area (Å²) >= 11 is 0. The lowest BCUT2D eigenvalue weighted by Crippen LogP contribution is -2.31. The number of rotatable bonds is 7. The number of pyridine rings is 1. The van der Waals surface area contributed by atoms with E-state index in [0.717, 1.165) is 33.4 Å². The van der Waals surface area contributed by atoms with E-state index in [1.165, 1.54) is 12.1 Å². The van der Waals surface area contributed by atoms with E-state index >= 15 is 0 Å². The fraction of sp³-hybridized carbons (Fsp3) is 0.348. The number of carbonyl (C=O) groups excluding carboxylic acids is 1. The topological polar surface area (TPSA) is 60.3 Å². The molecule has 3 aromatic rings. The van der Waals surface area contributed by atoms with Crippen molar-refractivity contribution in [1.82, 2.24) is 19.7 Å². The van der Waals surface area contributed by atoms with E-state index in [9.17, 15) is 9.18 Å². The van der Waals surface area contributed by atoms with Gasteiger partial charge in [0.2, 0.25) is 11.8 Å². The Morgan fingerprint density at radius 1 is 1.30 bits per heavy atom. The first kappa shape index (κ1) is 21.3. The third-order valence-electron chi connectivity index (χ3n) is 5.23. The number of hydrogen-bond donors (Lipinski definition) is 0. The highest BCUT2D eigenvalue weighted by molar-refractivity contribution is 5.86. The molecular weight excluding hydrogens is 383 g/mol. The smallest absolute Gasteiger partial charge is 0.242 e. The van der Waals surface area contributed by atoms with E-state index in [1.807, 2.05) is 20.9 Å². The lowest BCUT2D eigenvalue weighted by Gasteiger charge is -2.21. The number of ether oxygens (including phenoxy) is 1. The molecule has 0 aliphatic heterocycles. The van der Waals surface area contributed by atoms with Gasteiger partial charge in [-0.25, -0.2) is 14.1 Å². The Morgan fingerprint density at radius 3 is 2.63 bits per heavy atom. The van der Waals surface area contributed by atoms with Crippen LogP contribution in [0.3, 0.4) is 0 Å². The van der Waals surface area contributed by atoms with E-state index in [2.05, 4.69) is 16.0 Å². The highest BCUT2D eigenvalue weighted by Crippen LogP contribution is 2.30. The van der Waals surface area contributed by atoms with Crippen LogP contribution in [0.5, 0.6) is 5.88 Å². The number of fused-ring (bicyclic) bond motifs is 1. The van der Waals surface area contributed by atoms with Crippen LogP contribution in [0.15, 0.2) is 24.3 Å². The largest absolute Gasteiger partial charge is 0.479 e. The number of methoxy groups -OCH3 is 1. The van der Waals surface area contributed by atoms with E-state index in [4.69, 9.17) is 11.2 Å².